The lowest BCUT2D eigenvalue weighted by Crippen LogP contribution is -2.18. The normalized spacial score (nSPS) is 15.1. The van der Waals surface area contributed by atoms with E-state index in [9.17, 15) is 14.6 Å². The van der Waals surface area contributed by atoms with Gasteiger partial charge in [-0.25, -0.2) is 4.39 Å². The molecule has 1 rings (SSSR count). The molecule has 0 aliphatic carbocycles. The van der Waals surface area contributed by atoms with E-state index in [1.165, 1.54) is 18.2 Å². The first-order chi connectivity index (χ1) is 6.65. The Morgan fingerprint density at radius 3 is 2.64 bits per heavy atom. The van der Waals surface area contributed by atoms with Gasteiger partial charge in [0.1, 0.15) is 11.9 Å². The number of thiol groups is 1. The Morgan fingerprint density at radius 1 is 1.36 bits per heavy atom. The molecule has 14 heavy (non-hydrogen) atoms. The molecule has 0 amide bonds. The summed E-state index contributed by atoms with van der Waals surface area (Å²) in [4.78, 5) is 0. The monoisotopic (exact) mass is 216 g/mol. The minimum atomic E-state index is -1.04. The summed E-state index contributed by atoms with van der Waals surface area (Å²) in [6.45, 7) is 0. The maximum Gasteiger partial charge on any atom is 0.123 e. The molecule has 4 heteroatoms. The molecule has 0 fully saturated rings. The second kappa shape index (κ2) is 5.34. The van der Waals surface area contributed by atoms with Gasteiger partial charge in [0.05, 0.1) is 6.10 Å². The molecule has 2 unspecified atom stereocenters. The Morgan fingerprint density at radius 2 is 2.07 bits per heavy atom. The number of hydrogen-bond donors (Lipinski definition) is 3. The van der Waals surface area contributed by atoms with E-state index in [1.54, 1.807) is 6.07 Å². The molecular weight excluding hydrogens is 203 g/mol. The Kier molecular flexibility index (Phi) is 4.38. The highest BCUT2D eigenvalue weighted by molar-refractivity contribution is 7.80. The highest BCUT2D eigenvalue weighted by Crippen LogP contribution is 2.19. The van der Waals surface area contributed by atoms with Crippen molar-refractivity contribution in [2.75, 3.05) is 5.75 Å². The van der Waals surface area contributed by atoms with E-state index in [4.69, 9.17) is 0 Å². The number of rotatable bonds is 4. The maximum atomic E-state index is 12.8. The van der Waals surface area contributed by atoms with Crippen molar-refractivity contribution in [3.8, 4) is 0 Å². The number of aliphatic hydroxyl groups is 2. The fraction of sp³-hybridized carbons (Fsp3) is 0.400. The third-order valence-corrected chi connectivity index (χ3v) is 2.24. The van der Waals surface area contributed by atoms with Gasteiger partial charge in [0.2, 0.25) is 0 Å². The summed E-state index contributed by atoms with van der Waals surface area (Å²) >= 11 is 3.94. The molecular formula is C10H13FO2S. The average Bonchev–Trinajstić information content (AvgIpc) is 2.17. The fourth-order valence-corrected chi connectivity index (χ4v) is 1.47. The first-order valence-electron chi connectivity index (χ1n) is 4.37. The molecule has 1 aromatic rings. The second-order valence-electron chi connectivity index (χ2n) is 3.08. The third kappa shape index (κ3) is 2.97. The Bertz CT molecular complexity index is 293. The van der Waals surface area contributed by atoms with Gasteiger partial charge in [0, 0.05) is 0 Å². The Balaban J connectivity index is 2.73. The smallest absolute Gasteiger partial charge is 0.123 e. The molecule has 0 radical (unpaired) electrons. The first-order valence-corrected chi connectivity index (χ1v) is 5.01. The molecule has 0 heterocycles. The van der Waals surface area contributed by atoms with Crippen LogP contribution in [0.5, 0.6) is 0 Å². The van der Waals surface area contributed by atoms with E-state index < -0.39 is 18.0 Å². The van der Waals surface area contributed by atoms with Crippen LogP contribution < -0.4 is 0 Å². The summed E-state index contributed by atoms with van der Waals surface area (Å²) in [6, 6.07) is 5.59. The predicted octanol–water partition coefficient (Wildman–Crippen LogP) is 1.54. The lowest BCUT2D eigenvalue weighted by atomic mass is 10.0. The van der Waals surface area contributed by atoms with Crippen LogP contribution in [0.2, 0.25) is 0 Å². The molecule has 2 N–H and O–H groups in total. The second-order valence-corrected chi connectivity index (χ2v) is 3.53. The van der Waals surface area contributed by atoms with Gasteiger partial charge in [-0.15, -0.1) is 0 Å². The SMILES string of the molecule is OC(CCS)C(O)c1cccc(F)c1. The highest BCUT2D eigenvalue weighted by Gasteiger charge is 2.17. The van der Waals surface area contributed by atoms with E-state index in [-0.39, 0.29) is 0 Å². The van der Waals surface area contributed by atoms with Crippen LogP contribution in [0.15, 0.2) is 24.3 Å². The van der Waals surface area contributed by atoms with Gasteiger partial charge in [0.15, 0.2) is 0 Å². The van der Waals surface area contributed by atoms with E-state index >= 15 is 0 Å². The van der Waals surface area contributed by atoms with Crippen molar-refractivity contribution in [1.82, 2.24) is 0 Å². The lowest BCUT2D eigenvalue weighted by Gasteiger charge is -2.17. The quantitative estimate of drug-likeness (QED) is 0.668. The Labute approximate surface area is 87.8 Å². The van der Waals surface area contributed by atoms with Gasteiger partial charge in [-0.05, 0) is 29.9 Å². The maximum absolute atomic E-state index is 12.8. The van der Waals surface area contributed by atoms with Gasteiger partial charge in [-0.1, -0.05) is 12.1 Å². The van der Waals surface area contributed by atoms with Crippen LogP contribution in [0.25, 0.3) is 0 Å². The third-order valence-electron chi connectivity index (χ3n) is 1.98. The minimum absolute atomic E-state index is 0.376. The molecule has 1 aromatic carbocycles. The molecule has 78 valence electrons. The summed E-state index contributed by atoms with van der Waals surface area (Å²) in [5, 5.41) is 19.0. The standard InChI is InChI=1S/C10H13FO2S/c11-8-3-1-2-7(6-8)10(13)9(12)4-5-14/h1-3,6,9-10,12-14H,4-5H2. The predicted molar refractivity (Wildman–Crippen MR) is 55.8 cm³/mol. The molecule has 0 bridgehead atoms. The molecule has 0 spiro atoms. The molecule has 0 aliphatic rings. The van der Waals surface area contributed by atoms with Crippen molar-refractivity contribution in [2.45, 2.75) is 18.6 Å². The number of hydrogen-bond acceptors (Lipinski definition) is 3. The summed E-state index contributed by atoms with van der Waals surface area (Å²) < 4.78 is 12.8. The van der Waals surface area contributed by atoms with Gasteiger partial charge >= 0.3 is 0 Å². The van der Waals surface area contributed by atoms with Gasteiger partial charge in [0.25, 0.3) is 0 Å². The molecule has 0 aromatic heterocycles. The average molecular weight is 216 g/mol. The van der Waals surface area contributed by atoms with Crippen LogP contribution in [-0.4, -0.2) is 22.1 Å². The summed E-state index contributed by atoms with van der Waals surface area (Å²) in [7, 11) is 0. The molecule has 0 aliphatic heterocycles. The van der Waals surface area contributed by atoms with Gasteiger partial charge in [-0.2, -0.15) is 12.6 Å². The van der Waals surface area contributed by atoms with Crippen LogP contribution in [0.3, 0.4) is 0 Å². The lowest BCUT2D eigenvalue weighted by molar-refractivity contribution is 0.0171. The first kappa shape index (κ1) is 11.5. The zero-order valence-electron chi connectivity index (χ0n) is 7.60. The van der Waals surface area contributed by atoms with Crippen LogP contribution >= 0.6 is 12.6 Å². The number of aliphatic hydroxyl groups excluding tert-OH is 2. The zero-order chi connectivity index (χ0) is 10.6. The summed E-state index contributed by atoms with van der Waals surface area (Å²) in [6.07, 6.45) is -1.56. The van der Waals surface area contributed by atoms with Gasteiger partial charge in [-0.3, -0.25) is 0 Å². The minimum Gasteiger partial charge on any atom is -0.390 e. The Hall–Kier alpha value is -0.580. The zero-order valence-corrected chi connectivity index (χ0v) is 8.49. The molecule has 2 nitrogen and oxygen atoms in total. The van der Waals surface area contributed by atoms with E-state index in [0.717, 1.165) is 0 Å². The topological polar surface area (TPSA) is 40.5 Å². The van der Waals surface area contributed by atoms with Gasteiger partial charge < -0.3 is 10.2 Å². The molecule has 0 saturated carbocycles. The number of halogens is 1. The van der Waals surface area contributed by atoms with Crippen molar-refractivity contribution < 1.29 is 14.6 Å². The largest absolute Gasteiger partial charge is 0.390 e. The van der Waals surface area contributed by atoms with E-state index in [2.05, 4.69) is 12.6 Å². The van der Waals surface area contributed by atoms with Crippen LogP contribution in [0.4, 0.5) is 4.39 Å². The van der Waals surface area contributed by atoms with Crippen molar-refractivity contribution in [2.24, 2.45) is 0 Å². The number of benzene rings is 1. The van der Waals surface area contributed by atoms with Crippen LogP contribution in [0.1, 0.15) is 18.1 Å². The molecule has 2 atom stereocenters. The summed E-state index contributed by atoms with van der Waals surface area (Å²) in [5.41, 5.74) is 0.388. The fourth-order valence-electron chi connectivity index (χ4n) is 1.20. The van der Waals surface area contributed by atoms with Crippen LogP contribution in [0, 0.1) is 5.82 Å². The summed E-state index contributed by atoms with van der Waals surface area (Å²) in [5.74, 6) is 0.0627. The van der Waals surface area contributed by atoms with Crippen molar-refractivity contribution >= 4 is 12.6 Å². The van der Waals surface area contributed by atoms with Crippen molar-refractivity contribution in [3.05, 3.63) is 35.6 Å². The van der Waals surface area contributed by atoms with Crippen molar-refractivity contribution in [3.63, 3.8) is 0 Å². The van der Waals surface area contributed by atoms with Crippen LogP contribution in [-0.2, 0) is 0 Å². The van der Waals surface area contributed by atoms with E-state index in [1.807, 2.05) is 0 Å². The van der Waals surface area contributed by atoms with E-state index in [0.29, 0.717) is 17.7 Å². The molecule has 0 saturated heterocycles. The van der Waals surface area contributed by atoms with Crippen molar-refractivity contribution in [1.29, 1.82) is 0 Å². The highest BCUT2D eigenvalue weighted by atomic mass is 32.1.